The lowest BCUT2D eigenvalue weighted by Crippen LogP contribution is -2.25. The summed E-state index contributed by atoms with van der Waals surface area (Å²) in [5.74, 6) is -6.08. The van der Waals surface area contributed by atoms with Crippen molar-refractivity contribution in [3.05, 3.63) is 28.5 Å². The number of hydrogen-bond donors (Lipinski definition) is 1. The molecule has 1 aromatic heterocycles. The zero-order chi connectivity index (χ0) is 10.1. The van der Waals surface area contributed by atoms with Crippen LogP contribution in [-0.4, -0.2) is 16.1 Å². The molecule has 0 atom stereocenters. The van der Waals surface area contributed by atoms with Crippen LogP contribution < -0.4 is 0 Å². The van der Waals surface area contributed by atoms with Crippen LogP contribution in [0.25, 0.3) is 0 Å². The van der Waals surface area contributed by atoms with Crippen LogP contribution in [0.3, 0.4) is 0 Å². The van der Waals surface area contributed by atoms with Gasteiger partial charge in [0.1, 0.15) is 0 Å². The zero-order valence-corrected chi connectivity index (χ0v) is 7.75. The molecule has 0 radical (unpaired) electrons. The average molecular weight is 252 g/mol. The minimum Gasteiger partial charge on any atom is -0.477 e. The van der Waals surface area contributed by atoms with Gasteiger partial charge in [0.15, 0.2) is 0 Å². The van der Waals surface area contributed by atoms with Gasteiger partial charge in [-0.05, 0) is 22.0 Å². The highest BCUT2D eigenvalue weighted by atomic mass is 79.9. The van der Waals surface area contributed by atoms with Gasteiger partial charge in [-0.1, -0.05) is 0 Å². The fourth-order valence-corrected chi connectivity index (χ4v) is 1.07. The largest absolute Gasteiger partial charge is 0.477 e. The van der Waals surface area contributed by atoms with Gasteiger partial charge in [-0.25, -0.2) is 4.79 Å². The number of aromatic nitrogens is 1. The van der Waals surface area contributed by atoms with E-state index >= 15 is 0 Å². The average Bonchev–Trinajstić information content (AvgIpc) is 2.04. The molecule has 3 nitrogen and oxygen atoms in total. The van der Waals surface area contributed by atoms with Gasteiger partial charge in [-0.2, -0.15) is 8.78 Å². The van der Waals surface area contributed by atoms with Crippen LogP contribution in [0.5, 0.6) is 0 Å². The summed E-state index contributed by atoms with van der Waals surface area (Å²) >= 11 is 2.91. The van der Waals surface area contributed by atoms with E-state index in [1.807, 2.05) is 0 Å². The second kappa shape index (κ2) is 3.37. The summed E-state index contributed by atoms with van der Waals surface area (Å²) in [6.45, 7) is 0. The first-order valence-electron chi connectivity index (χ1n) is 3.17. The molecule has 0 fully saturated rings. The van der Waals surface area contributed by atoms with E-state index in [0.717, 1.165) is 12.3 Å². The number of hydrogen-bond acceptors (Lipinski definition) is 2. The highest BCUT2D eigenvalue weighted by Gasteiger charge is 2.41. The molecule has 1 aromatic rings. The summed E-state index contributed by atoms with van der Waals surface area (Å²) in [6, 6.07) is 1.01. The minimum atomic E-state index is -3.89. The molecule has 0 spiro atoms. The van der Waals surface area contributed by atoms with E-state index in [0.29, 0.717) is 4.47 Å². The number of aliphatic carboxylic acids is 1. The quantitative estimate of drug-likeness (QED) is 0.875. The molecule has 0 unspecified atom stereocenters. The van der Waals surface area contributed by atoms with Crippen molar-refractivity contribution in [2.75, 3.05) is 0 Å². The third-order valence-electron chi connectivity index (χ3n) is 1.34. The van der Waals surface area contributed by atoms with Crippen molar-refractivity contribution in [1.29, 1.82) is 0 Å². The Morgan fingerprint density at radius 1 is 1.54 bits per heavy atom. The number of rotatable bonds is 2. The predicted molar refractivity (Wildman–Crippen MR) is 43.5 cm³/mol. The topological polar surface area (TPSA) is 50.2 Å². The number of halogens is 3. The summed E-state index contributed by atoms with van der Waals surface area (Å²) in [5, 5.41) is 8.19. The van der Waals surface area contributed by atoms with Crippen molar-refractivity contribution in [3.8, 4) is 0 Å². The molecule has 0 amide bonds. The van der Waals surface area contributed by atoms with Gasteiger partial charge in [0.25, 0.3) is 0 Å². The molecule has 0 saturated heterocycles. The van der Waals surface area contributed by atoms with Gasteiger partial charge in [-0.15, -0.1) is 0 Å². The number of carbonyl (C=O) groups is 1. The molecule has 1 rings (SSSR count). The summed E-state index contributed by atoms with van der Waals surface area (Å²) in [7, 11) is 0. The minimum absolute atomic E-state index is 0.311. The van der Waals surface area contributed by atoms with Gasteiger partial charge in [-0.3, -0.25) is 4.98 Å². The molecule has 0 aromatic carbocycles. The number of nitrogens with zero attached hydrogens (tertiary/aromatic N) is 1. The van der Waals surface area contributed by atoms with E-state index in [4.69, 9.17) is 5.11 Å². The molecular weight excluding hydrogens is 248 g/mol. The van der Waals surface area contributed by atoms with E-state index in [-0.39, 0.29) is 0 Å². The molecule has 0 saturated carbocycles. The van der Waals surface area contributed by atoms with Crippen molar-refractivity contribution in [3.63, 3.8) is 0 Å². The lowest BCUT2D eigenvalue weighted by atomic mass is 10.1. The fraction of sp³-hybridized carbons (Fsp3) is 0.143. The first-order valence-corrected chi connectivity index (χ1v) is 3.96. The molecular formula is C7H4BrF2NO2. The van der Waals surface area contributed by atoms with E-state index < -0.39 is 17.5 Å². The molecule has 1 N–H and O–H groups in total. The first-order chi connectivity index (χ1) is 5.94. The van der Waals surface area contributed by atoms with Gasteiger partial charge in [0, 0.05) is 16.9 Å². The number of carboxylic acid groups (broad SMARTS) is 1. The summed E-state index contributed by atoms with van der Waals surface area (Å²) in [5.41, 5.74) is -0.644. The maximum absolute atomic E-state index is 12.8. The van der Waals surface area contributed by atoms with Crippen LogP contribution >= 0.6 is 15.9 Å². The third kappa shape index (κ3) is 2.00. The third-order valence-corrected chi connectivity index (χ3v) is 1.77. The van der Waals surface area contributed by atoms with Crippen LogP contribution in [0, 0.1) is 0 Å². The van der Waals surface area contributed by atoms with E-state index in [9.17, 15) is 13.6 Å². The van der Waals surface area contributed by atoms with Crippen LogP contribution in [0.15, 0.2) is 22.9 Å². The van der Waals surface area contributed by atoms with Crippen molar-refractivity contribution in [2.24, 2.45) is 0 Å². The van der Waals surface area contributed by atoms with Crippen molar-refractivity contribution in [1.82, 2.24) is 4.98 Å². The van der Waals surface area contributed by atoms with Crippen molar-refractivity contribution < 1.29 is 18.7 Å². The normalized spacial score (nSPS) is 11.3. The van der Waals surface area contributed by atoms with Crippen LogP contribution in [0.2, 0.25) is 0 Å². The Bertz CT molecular complexity index is 343. The fourth-order valence-electron chi connectivity index (χ4n) is 0.707. The van der Waals surface area contributed by atoms with Crippen LogP contribution in [0.1, 0.15) is 5.56 Å². The molecule has 0 aliphatic carbocycles. The maximum atomic E-state index is 12.8. The Morgan fingerprint density at radius 2 is 2.15 bits per heavy atom. The Hall–Kier alpha value is -1.04. The van der Waals surface area contributed by atoms with Crippen molar-refractivity contribution >= 4 is 21.9 Å². The molecule has 0 bridgehead atoms. The standard InChI is InChI=1S/C7H4BrF2NO2/c8-5-1-4(2-11-3-5)7(9,10)6(12)13/h1-3H,(H,12,13). The number of carboxylic acids is 1. The Morgan fingerprint density at radius 3 is 2.62 bits per heavy atom. The summed E-state index contributed by atoms with van der Waals surface area (Å²) in [4.78, 5) is 13.6. The van der Waals surface area contributed by atoms with E-state index in [1.54, 1.807) is 0 Å². The number of alkyl halides is 2. The highest BCUT2D eigenvalue weighted by Crippen LogP contribution is 2.28. The molecule has 6 heteroatoms. The predicted octanol–water partition coefficient (Wildman–Crippen LogP) is 2.02. The Balaban J connectivity index is 3.14. The van der Waals surface area contributed by atoms with Gasteiger partial charge in [0.2, 0.25) is 0 Å². The second-order valence-electron chi connectivity index (χ2n) is 2.27. The van der Waals surface area contributed by atoms with Crippen LogP contribution in [0.4, 0.5) is 8.78 Å². The van der Waals surface area contributed by atoms with Crippen LogP contribution in [-0.2, 0) is 10.7 Å². The maximum Gasteiger partial charge on any atom is 0.379 e. The van der Waals surface area contributed by atoms with Gasteiger partial charge >= 0.3 is 11.9 Å². The van der Waals surface area contributed by atoms with Crippen molar-refractivity contribution in [2.45, 2.75) is 5.92 Å². The monoisotopic (exact) mass is 251 g/mol. The lowest BCUT2D eigenvalue weighted by molar-refractivity contribution is -0.166. The van der Waals surface area contributed by atoms with E-state index in [1.165, 1.54) is 6.20 Å². The molecule has 13 heavy (non-hydrogen) atoms. The smallest absolute Gasteiger partial charge is 0.379 e. The molecule has 1 heterocycles. The molecule has 0 aliphatic heterocycles. The number of pyridine rings is 1. The molecule has 0 aliphatic rings. The SMILES string of the molecule is O=C(O)C(F)(F)c1cncc(Br)c1. The van der Waals surface area contributed by atoms with Gasteiger partial charge < -0.3 is 5.11 Å². The lowest BCUT2D eigenvalue weighted by Gasteiger charge is -2.10. The van der Waals surface area contributed by atoms with Gasteiger partial charge in [0.05, 0.1) is 5.56 Å². The highest BCUT2D eigenvalue weighted by molar-refractivity contribution is 9.10. The Labute approximate surface area is 80.5 Å². The second-order valence-corrected chi connectivity index (χ2v) is 3.19. The molecule has 70 valence electrons. The Kier molecular flexibility index (Phi) is 2.60. The first kappa shape index (κ1) is 10.0. The zero-order valence-electron chi connectivity index (χ0n) is 6.17. The van der Waals surface area contributed by atoms with E-state index in [2.05, 4.69) is 20.9 Å². The summed E-state index contributed by atoms with van der Waals surface area (Å²) in [6.07, 6.45) is 2.11. The summed E-state index contributed by atoms with van der Waals surface area (Å²) < 4.78 is 25.9.